The van der Waals surface area contributed by atoms with Crippen molar-refractivity contribution in [1.82, 2.24) is 9.97 Å². The van der Waals surface area contributed by atoms with E-state index in [0.29, 0.717) is 6.01 Å². The lowest BCUT2D eigenvalue weighted by Crippen LogP contribution is -2.30. The second kappa shape index (κ2) is 6.39. The Balaban J connectivity index is 1.53. The van der Waals surface area contributed by atoms with Crippen LogP contribution in [0.25, 0.3) is 11.1 Å². The second-order valence-electron chi connectivity index (χ2n) is 5.86. The Labute approximate surface area is 140 Å². The lowest BCUT2D eigenvalue weighted by Gasteiger charge is -2.22. The van der Waals surface area contributed by atoms with Gasteiger partial charge in [0.25, 0.3) is 6.01 Å². The second-order valence-corrected chi connectivity index (χ2v) is 5.86. The number of nitrogens with zero attached hydrogens (tertiary/aromatic N) is 4. The molecule has 0 unspecified atom stereocenters. The summed E-state index contributed by atoms with van der Waals surface area (Å²) in [6, 6.07) is 10.5. The summed E-state index contributed by atoms with van der Waals surface area (Å²) in [7, 11) is 1.66. The molecular formula is C18H20N4O2. The molecule has 6 heteroatoms. The van der Waals surface area contributed by atoms with Gasteiger partial charge in [0, 0.05) is 50.3 Å². The number of methoxy groups -OCH3 is 1. The number of anilines is 2. The van der Waals surface area contributed by atoms with Crippen molar-refractivity contribution in [2.45, 2.75) is 6.42 Å². The Morgan fingerprint density at radius 3 is 2.62 bits per heavy atom. The van der Waals surface area contributed by atoms with Crippen molar-refractivity contribution in [3.63, 3.8) is 0 Å². The Morgan fingerprint density at radius 1 is 1.00 bits per heavy atom. The van der Waals surface area contributed by atoms with Gasteiger partial charge in [-0.2, -0.15) is 4.98 Å². The van der Waals surface area contributed by atoms with E-state index in [2.05, 4.69) is 31.9 Å². The largest absolute Gasteiger partial charge is 0.497 e. The summed E-state index contributed by atoms with van der Waals surface area (Å²) in [5.74, 6) is 0.794. The third-order valence-electron chi connectivity index (χ3n) is 4.38. The molecule has 0 radical (unpaired) electrons. The molecule has 0 N–H and O–H groups in total. The van der Waals surface area contributed by atoms with E-state index in [9.17, 15) is 0 Å². The molecule has 0 spiro atoms. The van der Waals surface area contributed by atoms with Crippen LogP contribution in [0.1, 0.15) is 6.42 Å². The predicted octanol–water partition coefficient (Wildman–Crippen LogP) is 2.95. The number of hydrogen-bond donors (Lipinski definition) is 0. The molecule has 1 aliphatic rings. The summed E-state index contributed by atoms with van der Waals surface area (Å²) in [5, 5.41) is 0. The highest BCUT2D eigenvalue weighted by Gasteiger charge is 2.19. The average Bonchev–Trinajstić information content (AvgIpc) is 2.90. The number of hydrogen-bond acceptors (Lipinski definition) is 6. The topological polar surface area (TPSA) is 54.6 Å². The van der Waals surface area contributed by atoms with Crippen LogP contribution in [-0.2, 0) is 0 Å². The Kier molecular flexibility index (Phi) is 3.94. The van der Waals surface area contributed by atoms with Crippen LogP contribution < -0.4 is 14.5 Å². The minimum atomic E-state index is 0.690. The maximum atomic E-state index is 5.93. The van der Waals surface area contributed by atoms with Crippen LogP contribution in [0.3, 0.4) is 0 Å². The smallest absolute Gasteiger partial charge is 0.298 e. The zero-order valence-electron chi connectivity index (χ0n) is 13.7. The van der Waals surface area contributed by atoms with E-state index < -0.39 is 0 Å². The molecule has 1 fully saturated rings. The van der Waals surface area contributed by atoms with Crippen LogP contribution in [0.4, 0.5) is 11.7 Å². The zero-order chi connectivity index (χ0) is 16.4. The first-order chi connectivity index (χ1) is 11.8. The molecule has 6 nitrogen and oxygen atoms in total. The van der Waals surface area contributed by atoms with Crippen LogP contribution in [0, 0.1) is 0 Å². The maximum absolute atomic E-state index is 5.93. The number of rotatable bonds is 3. The van der Waals surface area contributed by atoms with Crippen molar-refractivity contribution in [2.75, 3.05) is 43.1 Å². The quantitative estimate of drug-likeness (QED) is 0.738. The van der Waals surface area contributed by atoms with Crippen LogP contribution in [-0.4, -0.2) is 43.3 Å². The van der Waals surface area contributed by atoms with E-state index in [1.165, 1.54) is 5.69 Å². The number of oxazole rings is 1. The van der Waals surface area contributed by atoms with Crippen molar-refractivity contribution < 1.29 is 9.15 Å². The number of aromatic nitrogens is 2. The third kappa shape index (κ3) is 2.87. The molecule has 0 bridgehead atoms. The van der Waals surface area contributed by atoms with Gasteiger partial charge in [0.05, 0.1) is 7.11 Å². The minimum absolute atomic E-state index is 0.690. The van der Waals surface area contributed by atoms with Gasteiger partial charge in [0.2, 0.25) is 0 Å². The zero-order valence-corrected chi connectivity index (χ0v) is 13.7. The summed E-state index contributed by atoms with van der Waals surface area (Å²) in [6.07, 6.45) is 4.74. The first-order valence-corrected chi connectivity index (χ1v) is 8.18. The fourth-order valence-corrected chi connectivity index (χ4v) is 3.08. The van der Waals surface area contributed by atoms with Gasteiger partial charge in [0.1, 0.15) is 11.3 Å². The molecule has 0 atom stereocenters. The lowest BCUT2D eigenvalue weighted by molar-refractivity contribution is 0.415. The highest BCUT2D eigenvalue weighted by Crippen LogP contribution is 2.26. The molecular weight excluding hydrogens is 304 g/mol. The number of pyridine rings is 1. The van der Waals surface area contributed by atoms with Crippen LogP contribution in [0.2, 0.25) is 0 Å². The van der Waals surface area contributed by atoms with Gasteiger partial charge in [-0.25, -0.2) is 0 Å². The maximum Gasteiger partial charge on any atom is 0.298 e. The molecule has 1 aliphatic heterocycles. The predicted molar refractivity (Wildman–Crippen MR) is 93.8 cm³/mol. The highest BCUT2D eigenvalue weighted by atomic mass is 16.5. The van der Waals surface area contributed by atoms with Gasteiger partial charge in [-0.15, -0.1) is 0 Å². The number of benzene rings is 1. The number of ether oxygens (including phenoxy) is 1. The van der Waals surface area contributed by atoms with Crippen LogP contribution in [0.5, 0.6) is 5.75 Å². The molecule has 2 aromatic heterocycles. The molecule has 0 saturated carbocycles. The van der Waals surface area contributed by atoms with Crippen molar-refractivity contribution >= 4 is 22.8 Å². The molecule has 1 aromatic carbocycles. The number of fused-ring (bicyclic) bond motifs is 1. The third-order valence-corrected chi connectivity index (χ3v) is 4.38. The highest BCUT2D eigenvalue weighted by molar-refractivity contribution is 5.76. The molecule has 124 valence electrons. The first kappa shape index (κ1) is 14.8. The Hall–Kier alpha value is -2.76. The standard InChI is InChI=1S/C18H20N4O2/c1-23-15-3-4-17-16(13-15)20-18(24-17)22-10-2-9-21(11-12-22)14-5-7-19-8-6-14/h3-8,13H,2,9-12H2,1H3. The molecule has 3 aromatic rings. The van der Waals surface area contributed by atoms with E-state index >= 15 is 0 Å². The van der Waals surface area contributed by atoms with E-state index in [1.807, 2.05) is 30.6 Å². The average molecular weight is 324 g/mol. The van der Waals surface area contributed by atoms with E-state index in [1.54, 1.807) is 7.11 Å². The summed E-state index contributed by atoms with van der Waals surface area (Å²) in [4.78, 5) is 13.3. The van der Waals surface area contributed by atoms with Crippen molar-refractivity contribution in [3.05, 3.63) is 42.7 Å². The van der Waals surface area contributed by atoms with Crippen molar-refractivity contribution in [1.29, 1.82) is 0 Å². The fraction of sp³-hybridized carbons (Fsp3) is 0.333. The van der Waals surface area contributed by atoms with Gasteiger partial charge in [-0.05, 0) is 30.7 Å². The van der Waals surface area contributed by atoms with E-state index in [-0.39, 0.29) is 0 Å². The van der Waals surface area contributed by atoms with E-state index in [0.717, 1.165) is 49.4 Å². The van der Waals surface area contributed by atoms with Gasteiger partial charge >= 0.3 is 0 Å². The fourth-order valence-electron chi connectivity index (χ4n) is 3.08. The monoisotopic (exact) mass is 324 g/mol. The molecule has 0 aliphatic carbocycles. The van der Waals surface area contributed by atoms with E-state index in [4.69, 9.17) is 9.15 Å². The lowest BCUT2D eigenvalue weighted by atomic mass is 10.3. The Bertz CT molecular complexity index is 818. The summed E-state index contributed by atoms with van der Waals surface area (Å²) >= 11 is 0. The summed E-state index contributed by atoms with van der Waals surface area (Å²) in [5.41, 5.74) is 2.84. The molecule has 24 heavy (non-hydrogen) atoms. The molecule has 0 amide bonds. The van der Waals surface area contributed by atoms with Crippen molar-refractivity contribution in [3.8, 4) is 5.75 Å². The van der Waals surface area contributed by atoms with Gasteiger partial charge < -0.3 is 19.0 Å². The van der Waals surface area contributed by atoms with Gasteiger partial charge in [-0.3, -0.25) is 4.98 Å². The SMILES string of the molecule is COc1ccc2oc(N3CCCN(c4ccncc4)CC3)nc2c1. The summed E-state index contributed by atoms with van der Waals surface area (Å²) in [6.45, 7) is 3.78. The van der Waals surface area contributed by atoms with Gasteiger partial charge in [-0.1, -0.05) is 0 Å². The Morgan fingerprint density at radius 2 is 1.79 bits per heavy atom. The van der Waals surface area contributed by atoms with Gasteiger partial charge in [0.15, 0.2) is 5.58 Å². The first-order valence-electron chi connectivity index (χ1n) is 8.18. The molecule has 4 rings (SSSR count). The molecule has 3 heterocycles. The minimum Gasteiger partial charge on any atom is -0.497 e. The summed E-state index contributed by atoms with van der Waals surface area (Å²) < 4.78 is 11.2. The van der Waals surface area contributed by atoms with Crippen LogP contribution in [0.15, 0.2) is 47.1 Å². The normalized spacial score (nSPS) is 15.5. The van der Waals surface area contributed by atoms with Crippen molar-refractivity contribution in [2.24, 2.45) is 0 Å². The van der Waals surface area contributed by atoms with Crippen LogP contribution >= 0.6 is 0 Å². The molecule has 1 saturated heterocycles.